The lowest BCUT2D eigenvalue weighted by molar-refractivity contribution is -0.0235. The maximum absolute atomic E-state index is 11.9. The summed E-state index contributed by atoms with van der Waals surface area (Å²) in [5.74, 6) is -2.56. The molecular formula is C14H16O6. The van der Waals surface area contributed by atoms with Crippen LogP contribution in [0.4, 0.5) is 0 Å². The van der Waals surface area contributed by atoms with Crippen LogP contribution in [-0.4, -0.2) is 33.5 Å². The number of ether oxygens (including phenoxy) is 2. The molecule has 1 aromatic carbocycles. The molecule has 0 bridgehead atoms. The molecule has 6 nitrogen and oxygen atoms in total. The van der Waals surface area contributed by atoms with E-state index in [-0.39, 0.29) is 11.7 Å². The molecule has 0 spiro atoms. The van der Waals surface area contributed by atoms with Gasteiger partial charge >= 0.3 is 5.97 Å². The molecule has 2 aliphatic rings. The van der Waals surface area contributed by atoms with Crippen molar-refractivity contribution in [1.82, 2.24) is 0 Å². The molecule has 20 heavy (non-hydrogen) atoms. The van der Waals surface area contributed by atoms with Crippen LogP contribution < -0.4 is 0 Å². The summed E-state index contributed by atoms with van der Waals surface area (Å²) in [6, 6.07) is 1.26. The highest BCUT2D eigenvalue weighted by molar-refractivity contribution is 5.97. The van der Waals surface area contributed by atoms with Crippen molar-refractivity contribution in [3.8, 4) is 17.2 Å². The second kappa shape index (κ2) is 4.56. The highest BCUT2D eigenvalue weighted by Crippen LogP contribution is 2.49. The van der Waals surface area contributed by atoms with Crippen molar-refractivity contribution >= 4 is 5.97 Å². The van der Waals surface area contributed by atoms with Crippen LogP contribution in [0.5, 0.6) is 17.2 Å². The predicted octanol–water partition coefficient (Wildman–Crippen LogP) is 1.97. The first-order chi connectivity index (χ1) is 9.52. The third-order valence-electron chi connectivity index (χ3n) is 3.84. The van der Waals surface area contributed by atoms with Gasteiger partial charge in [-0.1, -0.05) is 13.3 Å². The zero-order valence-corrected chi connectivity index (χ0v) is 11.0. The van der Waals surface area contributed by atoms with Crippen LogP contribution in [0, 0.1) is 0 Å². The number of carbonyl (C=O) groups is 1. The monoisotopic (exact) mass is 280 g/mol. The van der Waals surface area contributed by atoms with Crippen molar-refractivity contribution in [2.24, 2.45) is 0 Å². The Balaban J connectivity index is 2.05. The van der Waals surface area contributed by atoms with Crippen LogP contribution >= 0.6 is 0 Å². The van der Waals surface area contributed by atoms with Gasteiger partial charge in [-0.3, -0.25) is 0 Å². The molecule has 6 heteroatoms. The van der Waals surface area contributed by atoms with Crippen molar-refractivity contribution in [2.75, 3.05) is 0 Å². The Bertz CT molecular complexity index is 567. The number of hydrogen-bond donors (Lipinski definition) is 3. The Morgan fingerprint density at radius 1 is 1.30 bits per heavy atom. The molecule has 0 unspecified atom stereocenters. The van der Waals surface area contributed by atoms with E-state index < -0.39 is 35.4 Å². The first-order valence-corrected chi connectivity index (χ1v) is 6.67. The van der Waals surface area contributed by atoms with E-state index in [9.17, 15) is 20.1 Å². The van der Waals surface area contributed by atoms with Crippen molar-refractivity contribution < 1.29 is 29.6 Å². The van der Waals surface area contributed by atoms with Gasteiger partial charge in [0.2, 0.25) is 5.75 Å². The number of phenolic OH excluding ortho intramolecular Hbond substituents is 3. The van der Waals surface area contributed by atoms with Gasteiger partial charge in [0, 0.05) is 12.0 Å². The fourth-order valence-corrected chi connectivity index (χ4v) is 2.92. The molecule has 3 N–H and O–H groups in total. The quantitative estimate of drug-likeness (QED) is 0.566. The minimum Gasteiger partial charge on any atom is -0.504 e. The van der Waals surface area contributed by atoms with E-state index in [2.05, 4.69) is 0 Å². The molecule has 0 aromatic heterocycles. The van der Waals surface area contributed by atoms with Crippen molar-refractivity contribution in [3.05, 3.63) is 17.2 Å². The summed E-state index contributed by atoms with van der Waals surface area (Å²) in [5.41, 5.74) is 0.247. The molecule has 0 aliphatic carbocycles. The topological polar surface area (TPSA) is 96.2 Å². The van der Waals surface area contributed by atoms with E-state index in [1.54, 1.807) is 0 Å². The molecule has 3 atom stereocenters. The number of phenols is 3. The number of carbonyl (C=O) groups excluding carboxylic acids is 1. The van der Waals surface area contributed by atoms with Gasteiger partial charge in [-0.2, -0.15) is 0 Å². The highest BCUT2D eigenvalue weighted by atomic mass is 16.6. The third-order valence-corrected chi connectivity index (χ3v) is 3.84. The van der Waals surface area contributed by atoms with Gasteiger partial charge in [-0.15, -0.1) is 0 Å². The summed E-state index contributed by atoms with van der Waals surface area (Å²) >= 11 is 0. The molecule has 2 aliphatic heterocycles. The summed E-state index contributed by atoms with van der Waals surface area (Å²) in [6.07, 6.45) is 1.50. The van der Waals surface area contributed by atoms with Crippen LogP contribution in [0.1, 0.15) is 48.2 Å². The Labute approximate surface area is 115 Å². The van der Waals surface area contributed by atoms with E-state index in [1.165, 1.54) is 6.07 Å². The Hall–Kier alpha value is -1.95. The lowest BCUT2D eigenvalue weighted by Gasteiger charge is -2.27. The molecule has 2 heterocycles. The minimum absolute atomic E-state index is 0.00756. The van der Waals surface area contributed by atoms with E-state index in [0.717, 1.165) is 12.8 Å². The Morgan fingerprint density at radius 2 is 2.05 bits per heavy atom. The van der Waals surface area contributed by atoms with E-state index in [0.29, 0.717) is 12.0 Å². The molecule has 1 saturated heterocycles. The second-order valence-corrected chi connectivity index (χ2v) is 5.20. The second-order valence-electron chi connectivity index (χ2n) is 5.20. The average molecular weight is 280 g/mol. The first-order valence-electron chi connectivity index (χ1n) is 6.67. The van der Waals surface area contributed by atoms with Crippen molar-refractivity contribution in [3.63, 3.8) is 0 Å². The summed E-state index contributed by atoms with van der Waals surface area (Å²) in [6.45, 7) is 2.04. The maximum Gasteiger partial charge on any atom is 0.342 e. The van der Waals surface area contributed by atoms with Crippen LogP contribution in [0.3, 0.4) is 0 Å². The fourth-order valence-electron chi connectivity index (χ4n) is 2.92. The van der Waals surface area contributed by atoms with Crippen LogP contribution in [-0.2, 0) is 9.47 Å². The number of esters is 1. The number of rotatable bonds is 2. The third kappa shape index (κ3) is 1.79. The molecule has 0 saturated carbocycles. The van der Waals surface area contributed by atoms with Crippen LogP contribution in [0.2, 0.25) is 0 Å². The van der Waals surface area contributed by atoms with E-state index in [1.807, 2.05) is 6.92 Å². The zero-order valence-electron chi connectivity index (χ0n) is 11.0. The van der Waals surface area contributed by atoms with Gasteiger partial charge in [0.1, 0.15) is 17.8 Å². The lowest BCUT2D eigenvalue weighted by atomic mass is 9.93. The summed E-state index contributed by atoms with van der Waals surface area (Å²) < 4.78 is 11.1. The predicted molar refractivity (Wildman–Crippen MR) is 67.8 cm³/mol. The molecule has 108 valence electrons. The largest absolute Gasteiger partial charge is 0.504 e. The van der Waals surface area contributed by atoms with Crippen molar-refractivity contribution in [2.45, 2.75) is 44.5 Å². The Morgan fingerprint density at radius 3 is 2.75 bits per heavy atom. The van der Waals surface area contributed by atoms with Gasteiger partial charge < -0.3 is 24.8 Å². The van der Waals surface area contributed by atoms with Crippen LogP contribution in [0.25, 0.3) is 0 Å². The molecule has 0 amide bonds. The van der Waals surface area contributed by atoms with Crippen LogP contribution in [0.15, 0.2) is 6.07 Å². The molecule has 1 aromatic rings. The SMILES string of the molecule is CCC[C@@H]1C[C@@H]2OC(=O)c3c(cc(O)c(O)c3O)[C@@H]2O1. The van der Waals surface area contributed by atoms with Gasteiger partial charge in [-0.05, 0) is 12.5 Å². The zero-order chi connectivity index (χ0) is 14.4. The maximum atomic E-state index is 11.9. The number of aromatic hydroxyl groups is 3. The number of benzene rings is 1. The minimum atomic E-state index is -0.720. The fraction of sp³-hybridized carbons (Fsp3) is 0.500. The number of hydrogen-bond acceptors (Lipinski definition) is 6. The van der Waals surface area contributed by atoms with Gasteiger partial charge in [0.05, 0.1) is 6.10 Å². The highest BCUT2D eigenvalue weighted by Gasteiger charge is 2.45. The van der Waals surface area contributed by atoms with E-state index in [4.69, 9.17) is 9.47 Å². The first kappa shape index (κ1) is 13.1. The van der Waals surface area contributed by atoms with E-state index >= 15 is 0 Å². The summed E-state index contributed by atoms with van der Waals surface area (Å²) in [4.78, 5) is 11.9. The standard InChI is InChI=1S/C14H16O6/c1-2-3-6-4-9-13(19-6)7-5-8(15)11(16)12(17)10(7)14(18)20-9/h5-6,9,13,15-17H,2-4H2,1H3/t6-,9+,13+/m1/s1. The van der Waals surface area contributed by atoms with Gasteiger partial charge in [-0.25, -0.2) is 4.79 Å². The molecular weight excluding hydrogens is 264 g/mol. The summed E-state index contributed by atoms with van der Waals surface area (Å²) in [5, 5.41) is 28.9. The Kier molecular flexibility index (Phi) is 2.97. The lowest BCUT2D eigenvalue weighted by Crippen LogP contribution is -2.29. The smallest absolute Gasteiger partial charge is 0.342 e. The van der Waals surface area contributed by atoms with Gasteiger partial charge in [0.25, 0.3) is 0 Å². The molecule has 3 rings (SSSR count). The van der Waals surface area contributed by atoms with Gasteiger partial charge in [0.15, 0.2) is 11.5 Å². The molecule has 1 fully saturated rings. The van der Waals surface area contributed by atoms with Crippen molar-refractivity contribution in [1.29, 1.82) is 0 Å². The average Bonchev–Trinajstić information content (AvgIpc) is 2.78. The number of fused-ring (bicyclic) bond motifs is 3. The molecule has 0 radical (unpaired) electrons. The summed E-state index contributed by atoms with van der Waals surface area (Å²) in [7, 11) is 0. The normalized spacial score (nSPS) is 27.9.